The highest BCUT2D eigenvalue weighted by molar-refractivity contribution is 6.37. The minimum absolute atomic E-state index is 0.0203. The van der Waals surface area contributed by atoms with Gasteiger partial charge in [-0.1, -0.05) is 52.4 Å². The summed E-state index contributed by atoms with van der Waals surface area (Å²) in [5.41, 5.74) is 5.27. The van der Waals surface area contributed by atoms with E-state index in [0.717, 1.165) is 63.2 Å². The van der Waals surface area contributed by atoms with Crippen molar-refractivity contribution < 1.29 is 24.0 Å². The van der Waals surface area contributed by atoms with Crippen LogP contribution in [0.2, 0.25) is 0 Å². The number of carbonyl (C=O) groups excluding carboxylic acids is 5. The first-order valence-corrected chi connectivity index (χ1v) is 18.0. The SMILES string of the molecule is CC1(C)[C@@H]2[C@@H](C(=O)NC(CC3CCC3)C(=O)C(N)=O)N(C(=O)[C@@H](NC(=O)NC3C4CC5CC(C4)CC3C5)C3CCCCC3)C[C@@H]21. The number of hydrogen-bond donors (Lipinski definition) is 4. The molecule has 4 bridgehead atoms. The molecule has 10 nitrogen and oxygen atoms in total. The first-order chi connectivity index (χ1) is 21.5. The summed E-state index contributed by atoms with van der Waals surface area (Å²) in [6, 6.07) is -2.50. The molecule has 7 aliphatic carbocycles. The summed E-state index contributed by atoms with van der Waals surface area (Å²) < 4.78 is 0. The van der Waals surface area contributed by atoms with E-state index in [4.69, 9.17) is 5.73 Å². The van der Waals surface area contributed by atoms with Crippen LogP contribution in [0.15, 0.2) is 0 Å². The Kier molecular flexibility index (Phi) is 8.16. The number of primary amides is 1. The van der Waals surface area contributed by atoms with E-state index in [1.54, 1.807) is 4.90 Å². The molecule has 1 saturated heterocycles. The second-order valence-corrected chi connectivity index (χ2v) is 16.7. The van der Waals surface area contributed by atoms with Gasteiger partial charge in [-0.15, -0.1) is 0 Å². The van der Waals surface area contributed by atoms with Crippen molar-refractivity contribution in [3.63, 3.8) is 0 Å². The van der Waals surface area contributed by atoms with Crippen LogP contribution in [0.25, 0.3) is 0 Å². The normalized spacial score (nSPS) is 37.6. The van der Waals surface area contributed by atoms with Crippen LogP contribution in [0.1, 0.15) is 104 Å². The summed E-state index contributed by atoms with van der Waals surface area (Å²) in [6.45, 7) is 4.70. The van der Waals surface area contributed by atoms with Crippen molar-refractivity contribution in [2.24, 2.45) is 58.5 Å². The number of hydrogen-bond acceptors (Lipinski definition) is 5. The molecule has 5 atom stereocenters. The molecule has 45 heavy (non-hydrogen) atoms. The maximum Gasteiger partial charge on any atom is 0.315 e. The summed E-state index contributed by atoms with van der Waals surface area (Å²) >= 11 is 0. The van der Waals surface area contributed by atoms with Crippen molar-refractivity contribution >= 4 is 29.5 Å². The Hall–Kier alpha value is -2.65. The Morgan fingerprint density at radius 2 is 1.49 bits per heavy atom. The van der Waals surface area contributed by atoms with Crippen molar-refractivity contribution in [1.82, 2.24) is 20.9 Å². The van der Waals surface area contributed by atoms with Crippen LogP contribution in [-0.2, 0) is 19.2 Å². The quantitative estimate of drug-likeness (QED) is 0.276. The number of likely N-dealkylation sites (tertiary alicyclic amines) is 1. The van der Waals surface area contributed by atoms with Gasteiger partial charge in [-0.05, 0) is 104 Å². The predicted molar refractivity (Wildman–Crippen MR) is 167 cm³/mol. The molecular formula is C35H53N5O5. The monoisotopic (exact) mass is 623 g/mol. The van der Waals surface area contributed by atoms with Gasteiger partial charge in [0, 0.05) is 12.6 Å². The first kappa shape index (κ1) is 31.0. The van der Waals surface area contributed by atoms with E-state index in [1.807, 2.05) is 0 Å². The molecule has 8 fully saturated rings. The lowest BCUT2D eigenvalue weighted by Crippen LogP contribution is -2.62. The highest BCUT2D eigenvalue weighted by Gasteiger charge is 2.70. The zero-order chi connectivity index (χ0) is 31.6. The number of nitrogens with one attached hydrogen (secondary N) is 3. The summed E-state index contributed by atoms with van der Waals surface area (Å²) in [7, 11) is 0. The fourth-order valence-corrected chi connectivity index (χ4v) is 11.1. The summed E-state index contributed by atoms with van der Waals surface area (Å²) in [5, 5.41) is 9.38. The van der Waals surface area contributed by atoms with Gasteiger partial charge in [0.05, 0.1) is 6.04 Å². The molecule has 5 amide bonds. The second kappa shape index (κ2) is 11.9. The predicted octanol–water partition coefficient (Wildman–Crippen LogP) is 3.27. The molecule has 5 N–H and O–H groups in total. The minimum atomic E-state index is -1.05. The Labute approximate surface area is 267 Å². The molecule has 248 valence electrons. The number of ketones is 1. The second-order valence-electron chi connectivity index (χ2n) is 16.7. The highest BCUT2D eigenvalue weighted by Crippen LogP contribution is 2.65. The Balaban J connectivity index is 1.08. The third kappa shape index (κ3) is 5.77. The standard InChI is InChI=1S/C35H53N5O5/c1-35(2)24-17-40(29(26(24)35)32(43)37-25(30(41)31(36)42)16-18-7-6-8-18)33(44)28(21-9-4-3-5-10-21)39-34(45)38-27-22-12-19-11-20(14-22)15-23(27)13-19/h18-29H,3-17H2,1-2H3,(H2,36,42)(H,37,43)(H2,38,39,45)/t19?,20?,22?,23?,24-,25?,26-,27?,28-,29-/m0/s1. The van der Waals surface area contributed by atoms with Gasteiger partial charge in [0.1, 0.15) is 12.1 Å². The number of nitrogens with two attached hydrogens (primary N) is 1. The molecule has 1 aliphatic heterocycles. The zero-order valence-corrected chi connectivity index (χ0v) is 27.1. The molecule has 0 aromatic carbocycles. The first-order valence-electron chi connectivity index (χ1n) is 18.0. The van der Waals surface area contributed by atoms with Crippen LogP contribution in [-0.4, -0.2) is 65.1 Å². The van der Waals surface area contributed by atoms with Crippen LogP contribution in [0.4, 0.5) is 4.79 Å². The number of Topliss-reactive ketones (excluding diaryl/α,β-unsaturated/α-hetero) is 1. The molecule has 0 radical (unpaired) electrons. The van der Waals surface area contributed by atoms with Crippen molar-refractivity contribution in [2.45, 2.75) is 128 Å². The molecule has 0 aromatic rings. The summed E-state index contributed by atoms with van der Waals surface area (Å²) in [4.78, 5) is 68.6. The molecule has 8 rings (SSSR count). The number of carbonyl (C=O) groups is 5. The molecule has 0 spiro atoms. The third-order valence-electron chi connectivity index (χ3n) is 13.6. The van der Waals surface area contributed by atoms with E-state index in [2.05, 4.69) is 29.8 Å². The number of fused-ring (bicyclic) bond motifs is 1. The molecule has 0 aromatic heterocycles. The Morgan fingerprint density at radius 3 is 2.07 bits per heavy atom. The van der Waals surface area contributed by atoms with E-state index in [9.17, 15) is 24.0 Å². The summed E-state index contributed by atoms with van der Waals surface area (Å²) in [5.74, 6) is 0.715. The van der Waals surface area contributed by atoms with Crippen LogP contribution in [0, 0.1) is 52.8 Å². The van der Waals surface area contributed by atoms with Gasteiger partial charge in [0.25, 0.3) is 5.91 Å². The van der Waals surface area contributed by atoms with E-state index in [1.165, 1.54) is 32.1 Å². The van der Waals surface area contributed by atoms with Crippen LogP contribution >= 0.6 is 0 Å². The van der Waals surface area contributed by atoms with E-state index in [0.29, 0.717) is 24.8 Å². The third-order valence-corrected chi connectivity index (χ3v) is 13.6. The smallest absolute Gasteiger partial charge is 0.315 e. The van der Waals surface area contributed by atoms with Crippen LogP contribution < -0.4 is 21.7 Å². The maximum absolute atomic E-state index is 14.5. The van der Waals surface area contributed by atoms with E-state index < -0.39 is 29.8 Å². The van der Waals surface area contributed by atoms with Gasteiger partial charge in [0.2, 0.25) is 17.6 Å². The average Bonchev–Trinajstić information content (AvgIpc) is 3.30. The Bertz CT molecular complexity index is 1200. The van der Waals surface area contributed by atoms with Gasteiger partial charge in [0.15, 0.2) is 0 Å². The number of urea groups is 1. The molecule has 1 heterocycles. The minimum Gasteiger partial charge on any atom is -0.363 e. The lowest BCUT2D eigenvalue weighted by molar-refractivity contribution is -0.144. The summed E-state index contributed by atoms with van der Waals surface area (Å²) in [6.07, 6.45) is 14.5. The van der Waals surface area contributed by atoms with Gasteiger partial charge in [-0.3, -0.25) is 19.2 Å². The average molecular weight is 624 g/mol. The number of piperidine rings is 1. The molecule has 10 heteroatoms. The van der Waals surface area contributed by atoms with Crippen LogP contribution in [0.3, 0.4) is 0 Å². The molecule has 1 unspecified atom stereocenters. The molecular weight excluding hydrogens is 570 g/mol. The van der Waals surface area contributed by atoms with E-state index in [-0.39, 0.29) is 53.0 Å². The fourth-order valence-electron chi connectivity index (χ4n) is 11.1. The lowest BCUT2D eigenvalue weighted by atomic mass is 9.54. The largest absolute Gasteiger partial charge is 0.363 e. The topological polar surface area (TPSA) is 151 Å². The van der Waals surface area contributed by atoms with Gasteiger partial charge >= 0.3 is 6.03 Å². The van der Waals surface area contributed by atoms with Crippen molar-refractivity contribution in [3.05, 3.63) is 0 Å². The fraction of sp³-hybridized carbons (Fsp3) is 0.857. The molecule has 8 aliphatic rings. The van der Waals surface area contributed by atoms with Gasteiger partial charge < -0.3 is 26.6 Å². The maximum atomic E-state index is 14.5. The van der Waals surface area contributed by atoms with Crippen LogP contribution in [0.5, 0.6) is 0 Å². The number of nitrogens with zero attached hydrogens (tertiary/aromatic N) is 1. The van der Waals surface area contributed by atoms with Crippen molar-refractivity contribution in [3.8, 4) is 0 Å². The number of rotatable bonds is 10. The van der Waals surface area contributed by atoms with Gasteiger partial charge in [-0.2, -0.15) is 0 Å². The zero-order valence-electron chi connectivity index (χ0n) is 27.1. The van der Waals surface area contributed by atoms with Crippen molar-refractivity contribution in [1.29, 1.82) is 0 Å². The highest BCUT2D eigenvalue weighted by atomic mass is 16.2. The van der Waals surface area contributed by atoms with Crippen molar-refractivity contribution in [2.75, 3.05) is 6.54 Å². The number of amides is 5. The Morgan fingerprint density at radius 1 is 0.844 bits per heavy atom. The van der Waals surface area contributed by atoms with E-state index >= 15 is 0 Å². The molecule has 7 saturated carbocycles. The van der Waals surface area contributed by atoms with Gasteiger partial charge in [-0.25, -0.2) is 4.79 Å². The lowest BCUT2D eigenvalue weighted by Gasteiger charge is -2.54.